The van der Waals surface area contributed by atoms with Gasteiger partial charge in [-0.3, -0.25) is 4.79 Å². The number of carbonyl (C=O) groups excluding carboxylic acids is 1. The number of aromatic amines is 1. The van der Waals surface area contributed by atoms with E-state index in [-0.39, 0.29) is 5.97 Å². The molecule has 31 heavy (non-hydrogen) atoms. The minimum Gasteiger partial charge on any atom is -0.465 e. The van der Waals surface area contributed by atoms with Crippen molar-refractivity contribution >= 4 is 45.8 Å². The van der Waals surface area contributed by atoms with E-state index in [2.05, 4.69) is 45.5 Å². The summed E-state index contributed by atoms with van der Waals surface area (Å²) in [6, 6.07) is 15.9. The zero-order valence-electron chi connectivity index (χ0n) is 17.7. The molecule has 0 unspecified atom stereocenters. The molecule has 0 aliphatic heterocycles. The second-order valence-corrected chi connectivity index (χ2v) is 8.04. The van der Waals surface area contributed by atoms with Gasteiger partial charge in [-0.15, -0.1) is 23.2 Å². The molecule has 5 nitrogen and oxygen atoms in total. The summed E-state index contributed by atoms with van der Waals surface area (Å²) in [5, 5.41) is 4.50. The van der Waals surface area contributed by atoms with E-state index in [1.165, 1.54) is 0 Å². The Labute approximate surface area is 193 Å². The number of aromatic nitrogens is 1. The van der Waals surface area contributed by atoms with Crippen LogP contribution in [0.25, 0.3) is 10.9 Å². The molecule has 7 heteroatoms. The van der Waals surface area contributed by atoms with Gasteiger partial charge in [-0.1, -0.05) is 30.3 Å². The van der Waals surface area contributed by atoms with Crippen LogP contribution in [0, 0.1) is 0 Å². The molecule has 0 radical (unpaired) electrons. The predicted molar refractivity (Wildman–Crippen MR) is 129 cm³/mol. The number of hydrogen-bond acceptors (Lipinski definition) is 4. The van der Waals surface area contributed by atoms with Crippen molar-refractivity contribution in [3.8, 4) is 0 Å². The monoisotopic (exact) mass is 461 g/mol. The Kier molecular flexibility index (Phi) is 9.07. The molecule has 3 rings (SSSR count). The van der Waals surface area contributed by atoms with Crippen molar-refractivity contribution in [2.75, 3.05) is 36.4 Å². The standard InChI is InChI=1S/C24H29Cl2N3O2/c1-2-31-24(30)23(15-19-17-28-22-6-4-3-5-21(19)22)27-16-18-7-9-20(10-8-18)29(13-11-25)14-12-26/h3-10,17,23,27-28H,2,11-16H2,1H3/t23-/m0/s1. The summed E-state index contributed by atoms with van der Waals surface area (Å²) in [7, 11) is 0. The van der Waals surface area contributed by atoms with Gasteiger partial charge in [0.05, 0.1) is 6.61 Å². The second kappa shape index (κ2) is 12.0. The molecule has 1 aromatic heterocycles. The third-order valence-corrected chi connectivity index (χ3v) is 5.57. The van der Waals surface area contributed by atoms with E-state index in [0.29, 0.717) is 31.3 Å². The molecule has 0 saturated carbocycles. The molecule has 0 bridgehead atoms. The lowest BCUT2D eigenvalue weighted by atomic mass is 10.0. The number of anilines is 1. The largest absolute Gasteiger partial charge is 0.465 e. The van der Waals surface area contributed by atoms with Crippen molar-refractivity contribution in [2.45, 2.75) is 25.9 Å². The van der Waals surface area contributed by atoms with Gasteiger partial charge in [0, 0.05) is 60.6 Å². The Morgan fingerprint density at radius 1 is 1.10 bits per heavy atom. The van der Waals surface area contributed by atoms with Crippen LogP contribution in [-0.4, -0.2) is 48.5 Å². The number of benzene rings is 2. The molecule has 0 amide bonds. The molecular weight excluding hydrogens is 433 g/mol. The first-order chi connectivity index (χ1) is 15.2. The number of ether oxygens (including phenoxy) is 1. The highest BCUT2D eigenvalue weighted by Crippen LogP contribution is 2.20. The van der Waals surface area contributed by atoms with Crippen molar-refractivity contribution in [3.63, 3.8) is 0 Å². The highest BCUT2D eigenvalue weighted by molar-refractivity contribution is 6.18. The van der Waals surface area contributed by atoms with Gasteiger partial charge in [-0.2, -0.15) is 0 Å². The first-order valence-corrected chi connectivity index (χ1v) is 11.6. The fourth-order valence-electron chi connectivity index (χ4n) is 3.64. The first kappa shape index (κ1) is 23.5. The molecule has 0 aliphatic rings. The molecule has 2 N–H and O–H groups in total. The number of hydrogen-bond donors (Lipinski definition) is 2. The van der Waals surface area contributed by atoms with E-state index in [0.717, 1.165) is 40.8 Å². The summed E-state index contributed by atoms with van der Waals surface area (Å²) in [4.78, 5) is 18.0. The Morgan fingerprint density at radius 3 is 2.48 bits per heavy atom. The van der Waals surface area contributed by atoms with Crippen LogP contribution in [0.4, 0.5) is 5.69 Å². The minimum atomic E-state index is -0.428. The number of H-pyrrole nitrogens is 1. The number of carbonyl (C=O) groups is 1. The normalized spacial score (nSPS) is 12.1. The summed E-state index contributed by atoms with van der Waals surface area (Å²) in [5.41, 5.74) is 4.34. The lowest BCUT2D eigenvalue weighted by Gasteiger charge is -2.23. The molecule has 2 aromatic carbocycles. The van der Waals surface area contributed by atoms with Gasteiger partial charge >= 0.3 is 5.97 Å². The van der Waals surface area contributed by atoms with Gasteiger partial charge in [0.1, 0.15) is 6.04 Å². The van der Waals surface area contributed by atoms with E-state index in [1.54, 1.807) is 0 Å². The number of nitrogens with one attached hydrogen (secondary N) is 2. The maximum absolute atomic E-state index is 12.6. The topological polar surface area (TPSA) is 57.4 Å². The maximum Gasteiger partial charge on any atom is 0.323 e. The van der Waals surface area contributed by atoms with Crippen molar-refractivity contribution in [3.05, 3.63) is 65.9 Å². The SMILES string of the molecule is CCOC(=O)[C@H](Cc1c[nH]c2ccccc12)NCc1ccc(N(CCCl)CCCl)cc1. The van der Waals surface area contributed by atoms with Crippen LogP contribution in [0.5, 0.6) is 0 Å². The number of halogens is 2. The smallest absolute Gasteiger partial charge is 0.323 e. The summed E-state index contributed by atoms with van der Waals surface area (Å²) in [6.07, 6.45) is 2.52. The van der Waals surface area contributed by atoms with E-state index < -0.39 is 6.04 Å². The number of fused-ring (bicyclic) bond motifs is 1. The summed E-state index contributed by atoms with van der Waals surface area (Å²) >= 11 is 11.8. The average Bonchev–Trinajstić information content (AvgIpc) is 3.20. The molecule has 1 atom stereocenters. The highest BCUT2D eigenvalue weighted by Gasteiger charge is 2.21. The number of nitrogens with zero attached hydrogens (tertiary/aromatic N) is 1. The fourth-order valence-corrected chi connectivity index (χ4v) is 4.05. The van der Waals surface area contributed by atoms with Gasteiger partial charge < -0.3 is 19.9 Å². The van der Waals surface area contributed by atoms with Crippen LogP contribution in [0.1, 0.15) is 18.1 Å². The third kappa shape index (κ3) is 6.39. The predicted octanol–water partition coefficient (Wildman–Crippen LogP) is 4.72. The molecule has 3 aromatic rings. The van der Waals surface area contributed by atoms with Crippen molar-refractivity contribution < 1.29 is 9.53 Å². The minimum absolute atomic E-state index is 0.236. The number of rotatable bonds is 12. The lowest BCUT2D eigenvalue weighted by molar-refractivity contribution is -0.145. The van der Waals surface area contributed by atoms with E-state index in [4.69, 9.17) is 27.9 Å². The zero-order valence-corrected chi connectivity index (χ0v) is 19.3. The van der Waals surface area contributed by atoms with E-state index in [1.807, 2.05) is 31.3 Å². The van der Waals surface area contributed by atoms with Crippen LogP contribution in [0.3, 0.4) is 0 Å². The van der Waals surface area contributed by atoms with Crippen molar-refractivity contribution in [1.29, 1.82) is 0 Å². The molecule has 0 aliphatic carbocycles. The van der Waals surface area contributed by atoms with Gasteiger partial charge in [0.25, 0.3) is 0 Å². The molecule has 0 spiro atoms. The van der Waals surface area contributed by atoms with Gasteiger partial charge in [0.2, 0.25) is 0 Å². The number of esters is 1. The molecular formula is C24H29Cl2N3O2. The van der Waals surface area contributed by atoms with E-state index >= 15 is 0 Å². The third-order valence-electron chi connectivity index (χ3n) is 5.23. The highest BCUT2D eigenvalue weighted by atomic mass is 35.5. The van der Waals surface area contributed by atoms with Crippen LogP contribution in [0.2, 0.25) is 0 Å². The number of para-hydroxylation sites is 1. The fraction of sp³-hybridized carbons (Fsp3) is 0.375. The Balaban J connectivity index is 1.68. The van der Waals surface area contributed by atoms with Crippen LogP contribution < -0.4 is 10.2 Å². The summed E-state index contributed by atoms with van der Waals surface area (Å²) in [5.74, 6) is 0.865. The van der Waals surface area contributed by atoms with Gasteiger partial charge in [-0.05, 0) is 36.2 Å². The van der Waals surface area contributed by atoms with Crippen molar-refractivity contribution in [2.24, 2.45) is 0 Å². The summed E-state index contributed by atoms with van der Waals surface area (Å²) in [6.45, 7) is 4.25. The Morgan fingerprint density at radius 2 is 1.81 bits per heavy atom. The Hall–Kier alpha value is -2.21. The maximum atomic E-state index is 12.6. The molecule has 166 valence electrons. The van der Waals surface area contributed by atoms with Crippen LogP contribution in [-0.2, 0) is 22.5 Å². The van der Waals surface area contributed by atoms with Gasteiger partial charge in [0.15, 0.2) is 0 Å². The van der Waals surface area contributed by atoms with Crippen LogP contribution in [0.15, 0.2) is 54.7 Å². The zero-order chi connectivity index (χ0) is 22.1. The molecule has 1 heterocycles. The first-order valence-electron chi connectivity index (χ1n) is 10.6. The van der Waals surface area contributed by atoms with Gasteiger partial charge in [-0.25, -0.2) is 0 Å². The van der Waals surface area contributed by atoms with Crippen LogP contribution >= 0.6 is 23.2 Å². The molecule has 0 fully saturated rings. The summed E-state index contributed by atoms with van der Waals surface area (Å²) < 4.78 is 5.31. The second-order valence-electron chi connectivity index (χ2n) is 7.28. The molecule has 0 saturated heterocycles. The number of alkyl halides is 2. The average molecular weight is 462 g/mol. The van der Waals surface area contributed by atoms with Crippen molar-refractivity contribution in [1.82, 2.24) is 10.3 Å². The van der Waals surface area contributed by atoms with E-state index in [9.17, 15) is 4.79 Å². The quantitative estimate of drug-likeness (QED) is 0.302. The Bertz CT molecular complexity index is 953. The lowest BCUT2D eigenvalue weighted by Crippen LogP contribution is -2.39.